The summed E-state index contributed by atoms with van der Waals surface area (Å²) in [5, 5.41) is 3.52. The van der Waals surface area contributed by atoms with E-state index in [2.05, 4.69) is 5.32 Å². The second-order valence-corrected chi connectivity index (χ2v) is 5.53. The van der Waals surface area contributed by atoms with Crippen molar-refractivity contribution < 1.29 is 9.59 Å². The number of hydrogen-bond acceptors (Lipinski definition) is 3. The number of anilines is 1. The fourth-order valence-electron chi connectivity index (χ4n) is 2.95. The smallest absolute Gasteiger partial charge is 0.219 e. The van der Waals surface area contributed by atoms with Gasteiger partial charge in [0, 0.05) is 31.3 Å². The molecule has 2 heterocycles. The van der Waals surface area contributed by atoms with Gasteiger partial charge in [0.25, 0.3) is 0 Å². The molecule has 20 heavy (non-hydrogen) atoms. The molecule has 1 spiro atoms. The van der Waals surface area contributed by atoms with Crippen LogP contribution in [0.4, 0.5) is 5.69 Å². The topological polar surface area (TPSA) is 49.4 Å². The predicted molar refractivity (Wildman–Crippen MR) is 77.8 cm³/mol. The van der Waals surface area contributed by atoms with Gasteiger partial charge in [0.05, 0.1) is 5.54 Å². The van der Waals surface area contributed by atoms with Crippen LogP contribution in [0.1, 0.15) is 30.1 Å². The highest BCUT2D eigenvalue weighted by molar-refractivity contribution is 6.09. The van der Waals surface area contributed by atoms with E-state index in [-0.39, 0.29) is 17.2 Å². The molecule has 4 heteroatoms. The van der Waals surface area contributed by atoms with E-state index < -0.39 is 0 Å². The average molecular weight is 270 g/mol. The van der Waals surface area contributed by atoms with E-state index in [0.717, 1.165) is 37.2 Å². The third-order valence-electron chi connectivity index (χ3n) is 4.23. The fraction of sp³-hybridized carbons (Fsp3) is 0.375. The normalized spacial score (nSPS) is 20.2. The molecule has 1 N–H and O–H groups in total. The molecule has 2 aliphatic rings. The van der Waals surface area contributed by atoms with Crippen molar-refractivity contribution in [3.05, 3.63) is 42.0 Å². The minimum atomic E-state index is -0.214. The number of fused-ring (bicyclic) bond motifs is 1. The first kappa shape index (κ1) is 12.9. The van der Waals surface area contributed by atoms with Crippen LogP contribution >= 0.6 is 0 Å². The lowest BCUT2D eigenvalue weighted by Crippen LogP contribution is -2.49. The second-order valence-electron chi connectivity index (χ2n) is 5.53. The molecule has 1 amide bonds. The minimum Gasteiger partial charge on any atom is -0.375 e. The summed E-state index contributed by atoms with van der Waals surface area (Å²) >= 11 is 0. The summed E-state index contributed by atoms with van der Waals surface area (Å²) in [5.41, 5.74) is 1.39. The Morgan fingerprint density at radius 2 is 1.95 bits per heavy atom. The van der Waals surface area contributed by atoms with E-state index in [4.69, 9.17) is 0 Å². The summed E-state index contributed by atoms with van der Waals surface area (Å²) in [5.74, 6) is 0.160. The van der Waals surface area contributed by atoms with E-state index in [9.17, 15) is 9.59 Å². The van der Waals surface area contributed by atoms with E-state index in [1.54, 1.807) is 13.0 Å². The minimum absolute atomic E-state index is 0.0407. The third kappa shape index (κ3) is 2.22. The molecule has 1 fully saturated rings. The number of piperidine rings is 1. The SMILES string of the molecule is CC(=O)N1CCC2(C=CC(=O)c3ccccc3N2)CC1. The van der Waals surface area contributed by atoms with Crippen molar-refractivity contribution in [3.63, 3.8) is 0 Å². The van der Waals surface area contributed by atoms with Crippen LogP contribution in [0.3, 0.4) is 0 Å². The molecule has 0 radical (unpaired) electrons. The maximum Gasteiger partial charge on any atom is 0.219 e. The van der Waals surface area contributed by atoms with Crippen LogP contribution in [0.15, 0.2) is 36.4 Å². The van der Waals surface area contributed by atoms with Gasteiger partial charge in [0.1, 0.15) is 0 Å². The number of amides is 1. The number of hydrogen-bond donors (Lipinski definition) is 1. The highest BCUT2D eigenvalue weighted by Gasteiger charge is 2.35. The second kappa shape index (κ2) is 4.78. The van der Waals surface area contributed by atoms with Crippen molar-refractivity contribution >= 4 is 17.4 Å². The Morgan fingerprint density at radius 3 is 2.65 bits per heavy atom. The quantitative estimate of drug-likeness (QED) is 0.786. The van der Waals surface area contributed by atoms with E-state index >= 15 is 0 Å². The van der Waals surface area contributed by atoms with Gasteiger partial charge in [-0.3, -0.25) is 9.59 Å². The Morgan fingerprint density at radius 1 is 1.25 bits per heavy atom. The molecule has 0 aromatic heterocycles. The molecule has 3 rings (SSSR count). The Hall–Kier alpha value is -2.10. The van der Waals surface area contributed by atoms with E-state index in [1.165, 1.54) is 0 Å². The number of nitrogens with one attached hydrogen (secondary N) is 1. The van der Waals surface area contributed by atoms with Gasteiger partial charge in [-0.15, -0.1) is 0 Å². The number of ketones is 1. The molecule has 0 bridgehead atoms. The standard InChI is InChI=1S/C16H18N2O2/c1-12(19)18-10-8-16(9-11-18)7-6-15(20)13-4-2-3-5-14(13)17-16/h2-7,17H,8-11H2,1H3. The van der Waals surface area contributed by atoms with Gasteiger partial charge in [-0.05, 0) is 31.1 Å². The zero-order chi connectivity index (χ0) is 14.2. The maximum absolute atomic E-state index is 12.1. The van der Waals surface area contributed by atoms with Crippen molar-refractivity contribution in [1.29, 1.82) is 0 Å². The van der Waals surface area contributed by atoms with Crippen LogP contribution in [0, 0.1) is 0 Å². The van der Waals surface area contributed by atoms with Gasteiger partial charge in [-0.25, -0.2) is 0 Å². The van der Waals surface area contributed by atoms with Gasteiger partial charge < -0.3 is 10.2 Å². The highest BCUT2D eigenvalue weighted by atomic mass is 16.2. The van der Waals surface area contributed by atoms with Crippen molar-refractivity contribution in [2.75, 3.05) is 18.4 Å². The summed E-state index contributed by atoms with van der Waals surface area (Å²) < 4.78 is 0. The van der Waals surface area contributed by atoms with Crippen molar-refractivity contribution in [3.8, 4) is 0 Å². The van der Waals surface area contributed by atoms with Crippen LogP contribution in [-0.2, 0) is 4.79 Å². The number of nitrogens with zero attached hydrogens (tertiary/aromatic N) is 1. The Bertz CT molecular complexity index is 584. The zero-order valence-corrected chi connectivity index (χ0v) is 11.6. The summed E-state index contributed by atoms with van der Waals surface area (Å²) in [6.07, 6.45) is 5.30. The average Bonchev–Trinajstić information content (AvgIpc) is 2.58. The molecule has 2 aliphatic heterocycles. The largest absolute Gasteiger partial charge is 0.375 e. The Balaban J connectivity index is 1.88. The number of rotatable bonds is 0. The van der Waals surface area contributed by atoms with Gasteiger partial charge >= 0.3 is 0 Å². The molecule has 104 valence electrons. The molecule has 1 aromatic carbocycles. The van der Waals surface area contributed by atoms with E-state index in [1.807, 2.05) is 35.2 Å². The first-order valence-electron chi connectivity index (χ1n) is 6.96. The number of benzene rings is 1. The zero-order valence-electron chi connectivity index (χ0n) is 11.6. The van der Waals surface area contributed by atoms with E-state index in [0.29, 0.717) is 0 Å². The third-order valence-corrected chi connectivity index (χ3v) is 4.23. The molecule has 0 aliphatic carbocycles. The number of carbonyl (C=O) groups excluding carboxylic acids is 2. The van der Waals surface area contributed by atoms with Gasteiger partial charge in [0.2, 0.25) is 5.91 Å². The van der Waals surface area contributed by atoms with Crippen molar-refractivity contribution in [2.45, 2.75) is 25.3 Å². The van der Waals surface area contributed by atoms with Gasteiger partial charge in [0.15, 0.2) is 5.78 Å². The molecular formula is C16H18N2O2. The first-order valence-corrected chi connectivity index (χ1v) is 6.96. The van der Waals surface area contributed by atoms with Crippen LogP contribution in [0.25, 0.3) is 0 Å². The molecule has 1 saturated heterocycles. The monoisotopic (exact) mass is 270 g/mol. The number of allylic oxidation sites excluding steroid dienone is 1. The van der Waals surface area contributed by atoms with Crippen molar-refractivity contribution in [2.24, 2.45) is 0 Å². The van der Waals surface area contributed by atoms with Gasteiger partial charge in [-0.2, -0.15) is 0 Å². The Kier molecular flexibility index (Phi) is 3.08. The van der Waals surface area contributed by atoms with Gasteiger partial charge in [-0.1, -0.05) is 18.2 Å². The lowest BCUT2D eigenvalue weighted by Gasteiger charge is -2.40. The van der Waals surface area contributed by atoms with Crippen LogP contribution in [-0.4, -0.2) is 35.2 Å². The Labute approximate surface area is 118 Å². The molecule has 0 saturated carbocycles. The first-order chi connectivity index (χ1) is 9.60. The van der Waals surface area contributed by atoms with Crippen LogP contribution in [0.2, 0.25) is 0 Å². The molecule has 1 aromatic rings. The molecule has 0 atom stereocenters. The molecule has 4 nitrogen and oxygen atoms in total. The number of carbonyl (C=O) groups is 2. The molecular weight excluding hydrogens is 252 g/mol. The van der Waals surface area contributed by atoms with Crippen LogP contribution < -0.4 is 5.32 Å². The predicted octanol–water partition coefficient (Wildman–Crippen LogP) is 2.23. The fourth-order valence-corrected chi connectivity index (χ4v) is 2.95. The maximum atomic E-state index is 12.1. The summed E-state index contributed by atoms with van der Waals surface area (Å²) in [6.45, 7) is 3.05. The lowest BCUT2D eigenvalue weighted by molar-refractivity contribution is -0.130. The highest BCUT2D eigenvalue weighted by Crippen LogP contribution is 2.32. The lowest BCUT2D eigenvalue weighted by atomic mass is 9.87. The number of para-hydroxylation sites is 1. The molecule has 0 unspecified atom stereocenters. The summed E-state index contributed by atoms with van der Waals surface area (Å²) in [4.78, 5) is 25.4. The van der Waals surface area contributed by atoms with Crippen molar-refractivity contribution in [1.82, 2.24) is 4.90 Å². The summed E-state index contributed by atoms with van der Waals surface area (Å²) in [6, 6.07) is 7.60. The van der Waals surface area contributed by atoms with Crippen LogP contribution in [0.5, 0.6) is 0 Å². The number of likely N-dealkylation sites (tertiary alicyclic amines) is 1. The summed E-state index contributed by atoms with van der Waals surface area (Å²) in [7, 11) is 0.